The molecule has 1 aliphatic carbocycles. The van der Waals surface area contributed by atoms with Crippen molar-refractivity contribution in [2.75, 3.05) is 39.3 Å². The van der Waals surface area contributed by atoms with Crippen LogP contribution in [0.5, 0.6) is 0 Å². The lowest BCUT2D eigenvalue weighted by Gasteiger charge is -2.34. The molecule has 1 N–H and O–H groups in total. The minimum Gasteiger partial charge on any atom is -0.336 e. The molecule has 3 atom stereocenters. The second-order valence-corrected chi connectivity index (χ2v) is 6.83. The maximum atomic E-state index is 13.2. The third kappa shape index (κ3) is 4.02. The zero-order chi connectivity index (χ0) is 15.1. The normalized spacial score (nSPS) is 28.8. The number of halogens is 3. The van der Waals surface area contributed by atoms with Gasteiger partial charge in [0.25, 0.3) is 0 Å². The van der Waals surface area contributed by atoms with E-state index in [1.165, 1.54) is 12.1 Å². The summed E-state index contributed by atoms with van der Waals surface area (Å²) in [5, 5.41) is 3.41. The lowest BCUT2D eigenvalue weighted by Crippen LogP contribution is -2.50. The van der Waals surface area contributed by atoms with Crippen molar-refractivity contribution < 1.29 is 9.18 Å². The van der Waals surface area contributed by atoms with Crippen LogP contribution >= 0.6 is 24.8 Å². The van der Waals surface area contributed by atoms with Gasteiger partial charge < -0.3 is 10.2 Å². The van der Waals surface area contributed by atoms with Gasteiger partial charge in [-0.1, -0.05) is 12.1 Å². The van der Waals surface area contributed by atoms with Gasteiger partial charge in [0.15, 0.2) is 0 Å². The summed E-state index contributed by atoms with van der Waals surface area (Å²) in [5.41, 5.74) is 0.865. The Morgan fingerprint density at radius 1 is 1.17 bits per heavy atom. The van der Waals surface area contributed by atoms with E-state index in [0.717, 1.165) is 56.0 Å². The maximum absolute atomic E-state index is 13.2. The molecule has 1 amide bonds. The van der Waals surface area contributed by atoms with Crippen LogP contribution in [-0.4, -0.2) is 55.0 Å². The van der Waals surface area contributed by atoms with Gasteiger partial charge in [-0.3, -0.25) is 9.69 Å². The second-order valence-electron chi connectivity index (χ2n) is 6.83. The van der Waals surface area contributed by atoms with Gasteiger partial charge in [-0.15, -0.1) is 24.8 Å². The first kappa shape index (κ1) is 19.4. The number of hydrogen-bond acceptors (Lipinski definition) is 3. The molecule has 1 saturated carbocycles. The predicted octanol–water partition coefficient (Wildman–Crippen LogP) is 1.78. The fraction of sp³-hybridized carbons (Fsp3) is 0.588. The van der Waals surface area contributed by atoms with Crippen molar-refractivity contribution in [2.24, 2.45) is 17.8 Å². The van der Waals surface area contributed by atoms with Gasteiger partial charge in [0.2, 0.25) is 5.91 Å². The van der Waals surface area contributed by atoms with E-state index >= 15 is 0 Å². The van der Waals surface area contributed by atoms with Gasteiger partial charge in [0, 0.05) is 26.2 Å². The standard InChI is InChI=1S/C17H22FN3O.2ClH/c18-13-3-1-2-12(6-13)9-21-5-4-20(11-17(21)22)10-16-14-7-19-8-15(14)16;;/h1-3,6,14-16,19H,4-5,7-11H2;2*1H/t14-,15+,16?;;. The number of piperazine rings is 1. The van der Waals surface area contributed by atoms with Gasteiger partial charge in [0.1, 0.15) is 5.82 Å². The quantitative estimate of drug-likeness (QED) is 0.870. The van der Waals surface area contributed by atoms with Gasteiger partial charge in [0.05, 0.1) is 6.54 Å². The first-order chi connectivity index (χ1) is 10.7. The Hall–Kier alpha value is -0.880. The van der Waals surface area contributed by atoms with E-state index in [1.54, 1.807) is 6.07 Å². The Morgan fingerprint density at radius 3 is 2.58 bits per heavy atom. The number of carbonyl (C=O) groups is 1. The van der Waals surface area contributed by atoms with E-state index in [1.807, 2.05) is 11.0 Å². The van der Waals surface area contributed by atoms with E-state index in [4.69, 9.17) is 0 Å². The highest BCUT2D eigenvalue weighted by Gasteiger charge is 2.53. The summed E-state index contributed by atoms with van der Waals surface area (Å²) in [5.74, 6) is 2.42. The monoisotopic (exact) mass is 375 g/mol. The summed E-state index contributed by atoms with van der Waals surface area (Å²) in [6.45, 7) is 6.09. The number of fused-ring (bicyclic) bond motifs is 1. The molecule has 0 radical (unpaired) electrons. The molecule has 2 heterocycles. The highest BCUT2D eigenvalue weighted by atomic mass is 35.5. The highest BCUT2D eigenvalue weighted by Crippen LogP contribution is 2.48. The molecule has 2 saturated heterocycles. The smallest absolute Gasteiger partial charge is 0.237 e. The molecule has 4 nitrogen and oxygen atoms in total. The van der Waals surface area contributed by atoms with E-state index in [9.17, 15) is 9.18 Å². The number of hydrogen-bond donors (Lipinski definition) is 1. The molecular formula is C17H24Cl2FN3O. The first-order valence-electron chi connectivity index (χ1n) is 8.16. The van der Waals surface area contributed by atoms with Crippen molar-refractivity contribution in [2.45, 2.75) is 6.54 Å². The number of amides is 1. The summed E-state index contributed by atoms with van der Waals surface area (Å²) >= 11 is 0. The number of nitrogens with zero attached hydrogens (tertiary/aromatic N) is 2. The van der Waals surface area contributed by atoms with Crippen molar-refractivity contribution >= 4 is 30.7 Å². The van der Waals surface area contributed by atoms with Crippen molar-refractivity contribution in [3.05, 3.63) is 35.6 Å². The number of benzene rings is 1. The third-order valence-electron chi connectivity index (χ3n) is 5.40. The molecule has 0 aromatic heterocycles. The molecule has 0 spiro atoms. The summed E-state index contributed by atoms with van der Waals surface area (Å²) in [6.07, 6.45) is 0. The van der Waals surface area contributed by atoms with Gasteiger partial charge in [-0.05, 0) is 48.5 Å². The number of carbonyl (C=O) groups excluding carboxylic acids is 1. The lowest BCUT2D eigenvalue weighted by atomic mass is 10.1. The molecule has 0 bridgehead atoms. The van der Waals surface area contributed by atoms with E-state index in [-0.39, 0.29) is 36.5 Å². The molecule has 1 unspecified atom stereocenters. The first-order valence-corrected chi connectivity index (χ1v) is 8.16. The van der Waals surface area contributed by atoms with Crippen LogP contribution in [0, 0.1) is 23.6 Å². The Kier molecular flexibility index (Phi) is 6.48. The topological polar surface area (TPSA) is 35.6 Å². The molecular weight excluding hydrogens is 352 g/mol. The van der Waals surface area contributed by atoms with Gasteiger partial charge in [-0.25, -0.2) is 4.39 Å². The zero-order valence-electron chi connectivity index (χ0n) is 13.5. The fourth-order valence-electron chi connectivity index (χ4n) is 4.05. The molecule has 7 heteroatoms. The van der Waals surface area contributed by atoms with Crippen molar-refractivity contribution in [1.29, 1.82) is 0 Å². The van der Waals surface area contributed by atoms with Crippen LogP contribution in [0.1, 0.15) is 5.56 Å². The van der Waals surface area contributed by atoms with Crippen molar-refractivity contribution in [3.63, 3.8) is 0 Å². The Balaban J connectivity index is 0.00000104. The predicted molar refractivity (Wildman–Crippen MR) is 96.1 cm³/mol. The average Bonchev–Trinajstić information content (AvgIpc) is 2.93. The van der Waals surface area contributed by atoms with Crippen LogP contribution in [0.3, 0.4) is 0 Å². The summed E-state index contributed by atoms with van der Waals surface area (Å²) in [6, 6.07) is 6.52. The van der Waals surface area contributed by atoms with E-state index in [0.29, 0.717) is 13.1 Å². The van der Waals surface area contributed by atoms with Crippen LogP contribution in [0.2, 0.25) is 0 Å². The third-order valence-corrected chi connectivity index (χ3v) is 5.40. The molecule has 1 aromatic carbocycles. The number of piperidine rings is 1. The minimum atomic E-state index is -0.238. The van der Waals surface area contributed by atoms with E-state index in [2.05, 4.69) is 10.2 Å². The molecule has 2 aliphatic heterocycles. The largest absolute Gasteiger partial charge is 0.336 e. The van der Waals surface area contributed by atoms with Crippen LogP contribution in [0.25, 0.3) is 0 Å². The average molecular weight is 376 g/mol. The van der Waals surface area contributed by atoms with Gasteiger partial charge >= 0.3 is 0 Å². The van der Waals surface area contributed by atoms with Crippen molar-refractivity contribution in [1.82, 2.24) is 15.1 Å². The summed E-state index contributed by atoms with van der Waals surface area (Å²) in [4.78, 5) is 16.5. The lowest BCUT2D eigenvalue weighted by molar-refractivity contribution is -0.136. The van der Waals surface area contributed by atoms with Crippen LogP contribution in [0.15, 0.2) is 24.3 Å². The highest BCUT2D eigenvalue weighted by molar-refractivity contribution is 5.85. The number of nitrogens with one attached hydrogen (secondary N) is 1. The number of rotatable bonds is 4. The Bertz CT molecular complexity index is 579. The summed E-state index contributed by atoms with van der Waals surface area (Å²) < 4.78 is 13.2. The molecule has 1 aromatic rings. The van der Waals surface area contributed by atoms with Crippen LogP contribution < -0.4 is 5.32 Å². The van der Waals surface area contributed by atoms with Gasteiger partial charge in [-0.2, -0.15) is 0 Å². The van der Waals surface area contributed by atoms with Crippen LogP contribution in [0.4, 0.5) is 4.39 Å². The molecule has 3 fully saturated rings. The molecule has 3 aliphatic rings. The zero-order valence-corrected chi connectivity index (χ0v) is 15.1. The second kappa shape index (κ2) is 8.00. The van der Waals surface area contributed by atoms with E-state index < -0.39 is 0 Å². The Labute approximate surface area is 154 Å². The summed E-state index contributed by atoms with van der Waals surface area (Å²) in [7, 11) is 0. The Morgan fingerprint density at radius 2 is 1.92 bits per heavy atom. The van der Waals surface area contributed by atoms with Crippen molar-refractivity contribution in [3.8, 4) is 0 Å². The minimum absolute atomic E-state index is 0. The SMILES string of the molecule is Cl.Cl.O=C1CN(CC2[C@H]3CNC[C@@H]23)CCN1Cc1cccc(F)c1. The molecule has 4 rings (SSSR count). The maximum Gasteiger partial charge on any atom is 0.237 e. The molecule has 134 valence electrons. The van der Waals surface area contributed by atoms with Crippen LogP contribution in [-0.2, 0) is 11.3 Å². The fourth-order valence-corrected chi connectivity index (χ4v) is 4.05. The molecule has 24 heavy (non-hydrogen) atoms.